The zero-order valence-electron chi connectivity index (χ0n) is 18.7. The molecule has 1 fully saturated rings. The van der Waals surface area contributed by atoms with Crippen molar-refractivity contribution in [3.05, 3.63) is 87.4 Å². The van der Waals surface area contributed by atoms with Crippen molar-refractivity contribution in [2.75, 3.05) is 0 Å². The molecule has 0 N–H and O–H groups in total. The largest absolute Gasteiger partial charge is 0.431 e. The maximum atomic E-state index is 13.5. The highest BCUT2D eigenvalue weighted by Crippen LogP contribution is 2.43. The number of benzene rings is 2. The Morgan fingerprint density at radius 2 is 1.85 bits per heavy atom. The van der Waals surface area contributed by atoms with E-state index in [1.54, 1.807) is 32.0 Å². The van der Waals surface area contributed by atoms with Crippen LogP contribution in [0.5, 0.6) is 0 Å². The first-order valence-electron chi connectivity index (χ1n) is 10.7. The number of hydrogen-bond donors (Lipinski definition) is 0. The first-order valence-corrected chi connectivity index (χ1v) is 11.5. The molecule has 2 aromatic carbocycles. The van der Waals surface area contributed by atoms with Gasteiger partial charge in [-0.25, -0.2) is 14.2 Å². The van der Waals surface area contributed by atoms with Crippen LogP contribution in [0.15, 0.2) is 54.7 Å². The molecule has 34 heavy (non-hydrogen) atoms. The number of pyridine rings is 1. The average molecular weight is 499 g/mol. The predicted molar refractivity (Wildman–Crippen MR) is 129 cm³/mol. The van der Waals surface area contributed by atoms with Crippen LogP contribution in [0.3, 0.4) is 0 Å². The van der Waals surface area contributed by atoms with E-state index >= 15 is 0 Å². The number of hydrogen-bond acceptors (Lipinski definition) is 4. The van der Waals surface area contributed by atoms with Crippen molar-refractivity contribution in [3.8, 4) is 11.1 Å². The summed E-state index contributed by atoms with van der Waals surface area (Å²) in [6.45, 7) is 5.66. The highest BCUT2D eigenvalue weighted by molar-refractivity contribution is 6.31. The topological polar surface area (TPSA) is 53.4 Å². The van der Waals surface area contributed by atoms with E-state index in [4.69, 9.17) is 37.7 Å². The minimum atomic E-state index is -1.04. The molecule has 8 heteroatoms. The Balaban J connectivity index is 1.71. The molecule has 174 valence electrons. The van der Waals surface area contributed by atoms with Crippen LogP contribution in [-0.4, -0.2) is 21.3 Å². The molecule has 1 atom stereocenters. The number of carbonyl (C=O) groups is 1. The average Bonchev–Trinajstić information content (AvgIpc) is 3.28. The van der Waals surface area contributed by atoms with Crippen molar-refractivity contribution in [2.24, 2.45) is 0 Å². The normalized spacial score (nSPS) is 17.4. The van der Waals surface area contributed by atoms with Gasteiger partial charge in [-0.2, -0.15) is 0 Å². The third-order valence-electron chi connectivity index (χ3n) is 5.85. The molecule has 1 unspecified atom stereocenters. The van der Waals surface area contributed by atoms with E-state index in [9.17, 15) is 9.18 Å². The molecular weight excluding hydrogens is 478 g/mol. The fourth-order valence-corrected chi connectivity index (χ4v) is 4.72. The van der Waals surface area contributed by atoms with Crippen LogP contribution in [0.1, 0.15) is 36.8 Å². The smallest absolute Gasteiger partial charge is 0.342 e. The van der Waals surface area contributed by atoms with Crippen LogP contribution in [0.25, 0.3) is 22.2 Å². The predicted octanol–water partition coefficient (Wildman–Crippen LogP) is 6.86. The molecule has 4 aromatic rings. The first kappa shape index (κ1) is 22.8. The van der Waals surface area contributed by atoms with E-state index in [0.717, 1.165) is 22.1 Å². The van der Waals surface area contributed by atoms with Crippen molar-refractivity contribution >= 4 is 40.2 Å². The highest BCUT2D eigenvalue weighted by atomic mass is 35.5. The van der Waals surface area contributed by atoms with Gasteiger partial charge in [0.1, 0.15) is 11.5 Å². The molecule has 0 radical (unpaired) electrons. The number of carbonyl (C=O) groups excluding carboxylic acids is 1. The fourth-order valence-electron chi connectivity index (χ4n) is 4.37. The Labute approximate surface area is 206 Å². The summed E-state index contributed by atoms with van der Waals surface area (Å²) in [5.74, 6) is -1.88. The lowest BCUT2D eigenvalue weighted by Crippen LogP contribution is -2.20. The summed E-state index contributed by atoms with van der Waals surface area (Å²) in [7, 11) is 0. The molecule has 0 amide bonds. The van der Waals surface area contributed by atoms with Gasteiger partial charge in [0, 0.05) is 52.3 Å². The van der Waals surface area contributed by atoms with Gasteiger partial charge in [0.25, 0.3) is 0 Å². The molecular formula is C26H21Cl2FN2O3. The van der Waals surface area contributed by atoms with Gasteiger partial charge in [-0.1, -0.05) is 41.4 Å². The third-order valence-corrected chi connectivity index (χ3v) is 6.45. The van der Waals surface area contributed by atoms with Gasteiger partial charge in [0.2, 0.25) is 5.79 Å². The summed E-state index contributed by atoms with van der Waals surface area (Å²) >= 11 is 12.4. The standard InChI is InChI=1S/C26H21Cl2FN2O3/c1-14-21(23-25(32)34-26(2,3)33-23)22(15-4-7-17(27)8-5-15)19-10-11-31(24(19)30-14)13-16-6-9-18(29)12-20(16)28/h4-12,23H,13H2,1-3H3. The van der Waals surface area contributed by atoms with Crippen LogP contribution in [0.4, 0.5) is 4.39 Å². The van der Waals surface area contributed by atoms with Crippen LogP contribution in [0, 0.1) is 12.7 Å². The van der Waals surface area contributed by atoms with Crippen LogP contribution < -0.4 is 0 Å². The van der Waals surface area contributed by atoms with Crippen molar-refractivity contribution in [1.82, 2.24) is 9.55 Å². The number of halogens is 3. The van der Waals surface area contributed by atoms with Gasteiger partial charge in [0.05, 0.1) is 6.54 Å². The maximum Gasteiger partial charge on any atom is 0.342 e. The van der Waals surface area contributed by atoms with E-state index in [2.05, 4.69) is 0 Å². The summed E-state index contributed by atoms with van der Waals surface area (Å²) in [4.78, 5) is 17.6. The molecule has 5 nitrogen and oxygen atoms in total. The van der Waals surface area contributed by atoms with Gasteiger partial charge >= 0.3 is 5.97 Å². The number of rotatable bonds is 4. The van der Waals surface area contributed by atoms with Crippen LogP contribution in [-0.2, 0) is 20.8 Å². The number of aryl methyl sites for hydroxylation is 1. The molecule has 0 bridgehead atoms. The number of cyclic esters (lactones) is 1. The van der Waals surface area contributed by atoms with E-state index in [1.807, 2.05) is 35.9 Å². The Morgan fingerprint density at radius 3 is 2.50 bits per heavy atom. The quantitative estimate of drug-likeness (QED) is 0.288. The Bertz CT molecular complexity index is 1430. The third kappa shape index (κ3) is 4.06. The summed E-state index contributed by atoms with van der Waals surface area (Å²) in [5, 5.41) is 1.79. The van der Waals surface area contributed by atoms with Gasteiger partial charge in [0.15, 0.2) is 6.10 Å². The second-order valence-corrected chi connectivity index (χ2v) is 9.57. The van der Waals surface area contributed by atoms with Gasteiger partial charge in [-0.3, -0.25) is 0 Å². The Hall–Kier alpha value is -2.93. The van der Waals surface area contributed by atoms with Crippen molar-refractivity contribution in [2.45, 2.75) is 39.2 Å². The second-order valence-electron chi connectivity index (χ2n) is 8.73. The number of esters is 1. The molecule has 2 aromatic heterocycles. The summed E-state index contributed by atoms with van der Waals surface area (Å²) < 4.78 is 26.9. The molecule has 0 aliphatic carbocycles. The number of aromatic nitrogens is 2. The van der Waals surface area contributed by atoms with Crippen LogP contribution >= 0.6 is 23.2 Å². The first-order chi connectivity index (χ1) is 16.1. The van der Waals surface area contributed by atoms with Gasteiger partial charge in [-0.15, -0.1) is 0 Å². The van der Waals surface area contributed by atoms with Crippen molar-refractivity contribution in [3.63, 3.8) is 0 Å². The van der Waals surface area contributed by atoms with E-state index < -0.39 is 17.9 Å². The van der Waals surface area contributed by atoms with E-state index in [1.165, 1.54) is 12.1 Å². The maximum absolute atomic E-state index is 13.5. The van der Waals surface area contributed by atoms with Crippen molar-refractivity contribution in [1.29, 1.82) is 0 Å². The highest BCUT2D eigenvalue weighted by Gasteiger charge is 2.44. The molecule has 3 heterocycles. The van der Waals surface area contributed by atoms with E-state index in [-0.39, 0.29) is 5.82 Å². The van der Waals surface area contributed by atoms with E-state index in [0.29, 0.717) is 33.5 Å². The number of nitrogens with zero attached hydrogens (tertiary/aromatic N) is 2. The lowest BCUT2D eigenvalue weighted by Gasteiger charge is -2.19. The molecule has 0 spiro atoms. The molecule has 5 rings (SSSR count). The second kappa shape index (κ2) is 8.38. The van der Waals surface area contributed by atoms with Crippen molar-refractivity contribution < 1.29 is 18.7 Å². The lowest BCUT2D eigenvalue weighted by atomic mass is 9.93. The fraction of sp³-hybridized carbons (Fsp3) is 0.231. The number of ether oxygens (including phenoxy) is 2. The zero-order valence-corrected chi connectivity index (χ0v) is 20.2. The molecule has 1 aliphatic rings. The minimum Gasteiger partial charge on any atom is -0.431 e. The zero-order chi connectivity index (χ0) is 24.2. The van der Waals surface area contributed by atoms with Gasteiger partial charge in [-0.05, 0) is 48.4 Å². The monoisotopic (exact) mass is 498 g/mol. The van der Waals surface area contributed by atoms with Gasteiger partial charge < -0.3 is 14.0 Å². The summed E-state index contributed by atoms with van der Waals surface area (Å²) in [5.41, 5.74) is 4.46. The SMILES string of the molecule is Cc1nc2c(ccn2Cc2ccc(F)cc2Cl)c(-c2ccc(Cl)cc2)c1C1OC(C)(C)OC1=O. The summed E-state index contributed by atoms with van der Waals surface area (Å²) in [6.07, 6.45) is 0.991. The minimum absolute atomic E-state index is 0.345. The summed E-state index contributed by atoms with van der Waals surface area (Å²) in [6, 6.07) is 13.7. The molecule has 0 saturated carbocycles. The number of fused-ring (bicyclic) bond motifs is 1. The van der Waals surface area contributed by atoms with Crippen LogP contribution in [0.2, 0.25) is 10.0 Å². The lowest BCUT2D eigenvalue weighted by molar-refractivity contribution is -0.160. The molecule has 1 aliphatic heterocycles. The Kier molecular flexibility index (Phi) is 5.63. The molecule has 1 saturated heterocycles. The Morgan fingerprint density at radius 1 is 1.12 bits per heavy atom.